The van der Waals surface area contributed by atoms with Gasteiger partial charge in [-0.2, -0.15) is 0 Å². The Balaban J connectivity index is 0.000000292. The second kappa shape index (κ2) is 10.9. The fourth-order valence-corrected chi connectivity index (χ4v) is 3.11. The molecule has 0 radical (unpaired) electrons. The smallest absolute Gasteiger partial charge is 0.348 e. The lowest BCUT2D eigenvalue weighted by atomic mass is 10.00. The standard InChI is InChI=1S/C13H8F2NO3P.C6H13NO/c14-9-5-10(15)7-11(6-9)16-13(17)8-2-1-3-12(4-8)20(18)19;8-5-6-1-3-7-4-2-6/h1-7H,(H,16,17);6-8H,1-5H2. The van der Waals surface area contributed by atoms with Gasteiger partial charge in [0.25, 0.3) is 5.91 Å². The van der Waals surface area contributed by atoms with Gasteiger partial charge in [-0.3, -0.25) is 4.79 Å². The summed E-state index contributed by atoms with van der Waals surface area (Å²) in [7, 11) is -2.81. The van der Waals surface area contributed by atoms with Crippen LogP contribution in [0.25, 0.3) is 0 Å². The van der Waals surface area contributed by atoms with Crippen LogP contribution in [-0.4, -0.2) is 30.7 Å². The predicted octanol–water partition coefficient (Wildman–Crippen LogP) is 1.92. The number of nitrogens with one attached hydrogen (secondary N) is 2. The maximum Gasteiger partial charge on any atom is 0.348 e. The van der Waals surface area contributed by atoms with E-state index in [0.717, 1.165) is 38.1 Å². The Hall–Kier alpha value is -2.25. The van der Waals surface area contributed by atoms with Gasteiger partial charge in [-0.15, -0.1) is 0 Å². The molecule has 0 aromatic heterocycles. The van der Waals surface area contributed by atoms with Crippen LogP contribution in [0.15, 0.2) is 42.5 Å². The third kappa shape index (κ3) is 7.05. The minimum Gasteiger partial charge on any atom is -0.591 e. The number of piperidine rings is 1. The average molecular weight is 410 g/mol. The lowest BCUT2D eigenvalue weighted by molar-refractivity contribution is -0.160. The van der Waals surface area contributed by atoms with E-state index >= 15 is 0 Å². The molecule has 1 fully saturated rings. The second-order valence-electron chi connectivity index (χ2n) is 6.30. The van der Waals surface area contributed by atoms with Crippen molar-refractivity contribution in [2.75, 3.05) is 25.0 Å². The third-order valence-corrected chi connectivity index (χ3v) is 4.86. The normalized spacial score (nSPS) is 14.6. The van der Waals surface area contributed by atoms with Gasteiger partial charge in [-0.25, -0.2) is 8.78 Å². The van der Waals surface area contributed by atoms with Crippen LogP contribution in [0.4, 0.5) is 14.5 Å². The third-order valence-electron chi connectivity index (χ3n) is 4.16. The number of hydrogen-bond acceptors (Lipinski definition) is 5. The molecular formula is C19H21F2N2O4P. The van der Waals surface area contributed by atoms with Gasteiger partial charge in [-0.05, 0) is 56.1 Å². The Kier molecular flexibility index (Phi) is 8.60. The highest BCUT2D eigenvalue weighted by Gasteiger charge is 2.13. The monoisotopic (exact) mass is 410 g/mol. The molecule has 6 nitrogen and oxygen atoms in total. The van der Waals surface area contributed by atoms with Crippen molar-refractivity contribution in [1.82, 2.24) is 5.32 Å². The van der Waals surface area contributed by atoms with E-state index in [9.17, 15) is 23.0 Å². The summed E-state index contributed by atoms with van der Waals surface area (Å²) >= 11 is 0. The summed E-state index contributed by atoms with van der Waals surface area (Å²) < 4.78 is 36.8. The van der Waals surface area contributed by atoms with Crippen molar-refractivity contribution in [3.05, 3.63) is 59.7 Å². The number of amides is 1. The van der Waals surface area contributed by atoms with Crippen molar-refractivity contribution in [2.45, 2.75) is 12.8 Å². The topological polar surface area (TPSA) is 101 Å². The van der Waals surface area contributed by atoms with E-state index in [4.69, 9.17) is 5.11 Å². The van der Waals surface area contributed by atoms with Crippen LogP contribution in [0.3, 0.4) is 0 Å². The molecule has 1 aliphatic heterocycles. The van der Waals surface area contributed by atoms with E-state index in [0.29, 0.717) is 18.6 Å². The van der Waals surface area contributed by atoms with E-state index in [-0.39, 0.29) is 16.6 Å². The van der Waals surface area contributed by atoms with Crippen LogP contribution in [0, 0.1) is 17.6 Å². The van der Waals surface area contributed by atoms with Crippen molar-refractivity contribution >= 4 is 24.9 Å². The zero-order chi connectivity index (χ0) is 20.5. The summed E-state index contributed by atoms with van der Waals surface area (Å²) in [5.74, 6) is -1.72. The van der Waals surface area contributed by atoms with Crippen LogP contribution < -0.4 is 20.8 Å². The first-order valence-corrected chi connectivity index (χ1v) is 9.90. The summed E-state index contributed by atoms with van der Waals surface area (Å²) in [6.45, 7) is 2.55. The first kappa shape index (κ1) is 22.0. The summed E-state index contributed by atoms with van der Waals surface area (Å²) in [6.07, 6.45) is 2.30. The number of hydrogen-bond donors (Lipinski definition) is 3. The molecule has 0 bridgehead atoms. The predicted molar refractivity (Wildman–Crippen MR) is 101 cm³/mol. The highest BCUT2D eigenvalue weighted by atomic mass is 31.1. The van der Waals surface area contributed by atoms with Crippen LogP contribution in [0.1, 0.15) is 23.2 Å². The summed E-state index contributed by atoms with van der Waals surface area (Å²) in [4.78, 5) is 22.7. The zero-order valence-corrected chi connectivity index (χ0v) is 15.9. The van der Waals surface area contributed by atoms with Crippen LogP contribution in [0.5, 0.6) is 0 Å². The van der Waals surface area contributed by atoms with Gasteiger partial charge in [0.2, 0.25) is 0 Å². The molecule has 2 aromatic rings. The van der Waals surface area contributed by atoms with Gasteiger partial charge in [-0.1, -0.05) is 10.6 Å². The van der Waals surface area contributed by atoms with E-state index in [2.05, 4.69) is 10.6 Å². The highest BCUT2D eigenvalue weighted by molar-refractivity contribution is 7.45. The SMILES string of the molecule is O=C(Nc1cc(F)cc(F)c1)c1cccc([P+](=O)[O-])c1.OCC1CCNCC1. The van der Waals surface area contributed by atoms with Crippen molar-refractivity contribution in [3.8, 4) is 0 Å². The van der Waals surface area contributed by atoms with Gasteiger partial charge in [0.1, 0.15) is 11.6 Å². The summed E-state index contributed by atoms with van der Waals surface area (Å²) in [5.41, 5.74) is 0.0239. The molecule has 1 atom stereocenters. The van der Waals surface area contributed by atoms with E-state index in [1.54, 1.807) is 0 Å². The number of carbonyl (C=O) groups excluding carboxylic acids is 1. The molecule has 0 aliphatic carbocycles. The molecule has 1 aliphatic rings. The zero-order valence-electron chi connectivity index (χ0n) is 15.0. The number of halogens is 2. The minimum absolute atomic E-state index is 0.0157. The number of aliphatic hydroxyl groups is 1. The van der Waals surface area contributed by atoms with E-state index < -0.39 is 25.6 Å². The van der Waals surface area contributed by atoms with E-state index in [1.165, 1.54) is 24.3 Å². The molecule has 1 saturated heterocycles. The molecule has 1 heterocycles. The molecule has 3 rings (SSSR count). The number of benzene rings is 2. The lowest BCUT2D eigenvalue weighted by Crippen LogP contribution is -2.29. The summed E-state index contributed by atoms with van der Waals surface area (Å²) in [5, 5.41) is 14.2. The Bertz CT molecular complexity index is 809. The van der Waals surface area contributed by atoms with Gasteiger partial charge < -0.3 is 20.6 Å². The maximum atomic E-state index is 13.0. The number of anilines is 1. The molecule has 3 N–H and O–H groups in total. The lowest BCUT2D eigenvalue weighted by Gasteiger charge is -2.19. The van der Waals surface area contributed by atoms with Crippen molar-refractivity contribution in [3.63, 3.8) is 0 Å². The van der Waals surface area contributed by atoms with Gasteiger partial charge >= 0.3 is 8.03 Å². The second-order valence-corrected chi connectivity index (χ2v) is 7.33. The number of rotatable bonds is 4. The quantitative estimate of drug-likeness (QED) is 0.669. The molecule has 1 unspecified atom stereocenters. The molecular weight excluding hydrogens is 389 g/mol. The van der Waals surface area contributed by atoms with Gasteiger partial charge in [0.05, 0.1) is 0 Å². The van der Waals surface area contributed by atoms with Gasteiger partial charge in [0.15, 0.2) is 5.30 Å². The average Bonchev–Trinajstić information content (AvgIpc) is 2.68. The van der Waals surface area contributed by atoms with Crippen molar-refractivity contribution in [1.29, 1.82) is 0 Å². The first-order chi connectivity index (χ1) is 13.4. The minimum atomic E-state index is -2.81. The molecule has 28 heavy (non-hydrogen) atoms. The first-order valence-electron chi connectivity index (χ1n) is 8.72. The molecule has 0 spiro atoms. The Morgan fingerprint density at radius 3 is 2.36 bits per heavy atom. The van der Waals surface area contributed by atoms with Crippen LogP contribution >= 0.6 is 8.03 Å². The maximum absolute atomic E-state index is 13.0. The molecule has 1 amide bonds. The largest absolute Gasteiger partial charge is 0.591 e. The van der Waals surface area contributed by atoms with Crippen molar-refractivity contribution in [2.24, 2.45) is 5.92 Å². The number of carbonyl (C=O) groups is 1. The fourth-order valence-electron chi connectivity index (χ4n) is 2.65. The Morgan fingerprint density at radius 2 is 1.82 bits per heavy atom. The Labute approximate surface area is 162 Å². The molecule has 0 saturated carbocycles. The molecule has 150 valence electrons. The summed E-state index contributed by atoms with van der Waals surface area (Å²) in [6, 6.07) is 7.91. The van der Waals surface area contributed by atoms with E-state index in [1.807, 2.05) is 0 Å². The van der Waals surface area contributed by atoms with Crippen LogP contribution in [0.2, 0.25) is 0 Å². The van der Waals surface area contributed by atoms with Crippen LogP contribution in [-0.2, 0) is 4.57 Å². The Morgan fingerprint density at radius 1 is 1.18 bits per heavy atom. The van der Waals surface area contributed by atoms with Gasteiger partial charge in [0, 0.05) is 30.0 Å². The molecule has 9 heteroatoms. The highest BCUT2D eigenvalue weighted by Crippen LogP contribution is 2.15. The molecule has 2 aromatic carbocycles. The fraction of sp³-hybridized carbons (Fsp3) is 0.316. The number of aliphatic hydroxyl groups excluding tert-OH is 1. The van der Waals surface area contributed by atoms with Crippen molar-refractivity contribution < 1.29 is 28.1 Å².